The number of anilines is 1. The summed E-state index contributed by atoms with van der Waals surface area (Å²) in [6, 6.07) is 3.44. The van der Waals surface area contributed by atoms with Gasteiger partial charge in [-0.15, -0.1) is 0 Å². The molecule has 2 aliphatic rings. The second-order valence-corrected chi connectivity index (χ2v) is 6.78. The number of rotatable bonds is 3. The zero-order chi connectivity index (χ0) is 18.4. The Morgan fingerprint density at radius 3 is 2.77 bits per heavy atom. The Balaban J connectivity index is 1.60. The quantitative estimate of drug-likeness (QED) is 0.874. The number of hydrogen-bond donors (Lipinski definition) is 2. The summed E-state index contributed by atoms with van der Waals surface area (Å²) in [4.78, 5) is 10.3. The summed E-state index contributed by atoms with van der Waals surface area (Å²) in [5.41, 5.74) is 0.180. The molecule has 26 heavy (non-hydrogen) atoms. The van der Waals surface area contributed by atoms with E-state index in [4.69, 9.17) is 5.26 Å². The fourth-order valence-corrected chi connectivity index (χ4v) is 3.97. The lowest BCUT2D eigenvalue weighted by Gasteiger charge is -2.34. The van der Waals surface area contributed by atoms with Crippen molar-refractivity contribution in [3.8, 4) is 23.1 Å². The van der Waals surface area contributed by atoms with Crippen LogP contribution in [0.25, 0.3) is 11.3 Å². The van der Waals surface area contributed by atoms with E-state index in [0.29, 0.717) is 5.82 Å². The Morgan fingerprint density at radius 1 is 1.35 bits per heavy atom. The molecule has 4 rings (SSSR count). The standard InChI is InChI=1S/C18H17F2N5O/c1-25(18-10-2-13(17(18)20)22-6-10)16-8-23-14(7-24-16)11-4-12(19)9(5-21)3-15(11)26/h3-4,7-8,10,13,17-18,22,26H,2,6H2,1H3/t10-,13-,17-,18-/m0/s1. The van der Waals surface area contributed by atoms with Crippen molar-refractivity contribution in [2.75, 3.05) is 18.5 Å². The van der Waals surface area contributed by atoms with E-state index in [1.807, 2.05) is 0 Å². The minimum Gasteiger partial charge on any atom is -0.507 e. The predicted octanol–water partition coefficient (Wildman–Crippen LogP) is 1.99. The van der Waals surface area contributed by atoms with Crippen LogP contribution in [0.1, 0.15) is 12.0 Å². The molecule has 134 valence electrons. The van der Waals surface area contributed by atoms with Gasteiger partial charge < -0.3 is 15.3 Å². The Hall–Kier alpha value is -2.79. The number of phenolic OH excluding ortho intramolecular Hbond substituents is 1. The van der Waals surface area contributed by atoms with E-state index in [2.05, 4.69) is 15.3 Å². The van der Waals surface area contributed by atoms with Crippen LogP contribution in [-0.4, -0.2) is 46.9 Å². The van der Waals surface area contributed by atoms with Gasteiger partial charge in [-0.05, 0) is 18.4 Å². The van der Waals surface area contributed by atoms with E-state index in [1.165, 1.54) is 12.4 Å². The topological polar surface area (TPSA) is 85.1 Å². The molecule has 2 N–H and O–H groups in total. The van der Waals surface area contributed by atoms with E-state index < -0.39 is 12.0 Å². The summed E-state index contributed by atoms with van der Waals surface area (Å²) >= 11 is 0. The highest BCUT2D eigenvalue weighted by atomic mass is 19.1. The molecule has 4 atom stereocenters. The zero-order valence-electron chi connectivity index (χ0n) is 14.0. The molecule has 8 heteroatoms. The molecule has 0 unspecified atom stereocenters. The molecular weight excluding hydrogens is 340 g/mol. The summed E-state index contributed by atoms with van der Waals surface area (Å²) in [6.07, 6.45) is 2.75. The zero-order valence-corrected chi connectivity index (χ0v) is 14.0. The van der Waals surface area contributed by atoms with Gasteiger partial charge in [0.25, 0.3) is 0 Å². The number of benzene rings is 1. The Kier molecular flexibility index (Phi) is 3.96. The molecule has 1 saturated heterocycles. The molecule has 2 heterocycles. The van der Waals surface area contributed by atoms with Gasteiger partial charge in [-0.3, -0.25) is 4.98 Å². The Morgan fingerprint density at radius 2 is 2.15 bits per heavy atom. The molecule has 0 amide bonds. The van der Waals surface area contributed by atoms with Crippen molar-refractivity contribution < 1.29 is 13.9 Å². The summed E-state index contributed by atoms with van der Waals surface area (Å²) < 4.78 is 28.3. The SMILES string of the molecule is CN(c1cnc(-c2cc(F)c(C#N)cc2O)cn1)[C@H]1[C@@H]2CN[C@@H](C2)[C@@H]1F. The monoisotopic (exact) mass is 357 g/mol. The molecule has 1 aromatic heterocycles. The molecule has 2 fully saturated rings. The normalized spacial score (nSPS) is 26.7. The van der Waals surface area contributed by atoms with Crippen LogP contribution in [0.3, 0.4) is 0 Å². The number of nitrogens with one attached hydrogen (secondary N) is 1. The minimum absolute atomic E-state index is 0.0988. The van der Waals surface area contributed by atoms with Crippen LogP contribution in [0.2, 0.25) is 0 Å². The van der Waals surface area contributed by atoms with Crippen molar-refractivity contribution in [3.05, 3.63) is 35.9 Å². The second-order valence-electron chi connectivity index (χ2n) is 6.78. The summed E-state index contributed by atoms with van der Waals surface area (Å²) in [6.45, 7) is 0.796. The second kappa shape index (κ2) is 6.18. The third kappa shape index (κ3) is 2.56. The number of hydrogen-bond acceptors (Lipinski definition) is 6. The summed E-state index contributed by atoms with van der Waals surface area (Å²) in [5.74, 6) is -0.236. The average molecular weight is 357 g/mol. The molecule has 0 spiro atoms. The van der Waals surface area contributed by atoms with Gasteiger partial charge in [-0.25, -0.2) is 13.8 Å². The van der Waals surface area contributed by atoms with Crippen LogP contribution >= 0.6 is 0 Å². The van der Waals surface area contributed by atoms with Crippen LogP contribution < -0.4 is 10.2 Å². The van der Waals surface area contributed by atoms with Crippen LogP contribution in [-0.2, 0) is 0 Å². The molecule has 1 saturated carbocycles. The molecule has 0 radical (unpaired) electrons. The minimum atomic E-state index is -0.961. The first kappa shape index (κ1) is 16.7. The van der Waals surface area contributed by atoms with E-state index >= 15 is 0 Å². The first-order valence-electron chi connectivity index (χ1n) is 8.35. The lowest BCUT2D eigenvalue weighted by Crippen LogP contribution is -2.51. The number of fused-ring (bicyclic) bond motifs is 2. The third-order valence-electron chi connectivity index (χ3n) is 5.32. The highest BCUT2D eigenvalue weighted by molar-refractivity contribution is 5.68. The van der Waals surface area contributed by atoms with Gasteiger partial charge in [0.2, 0.25) is 0 Å². The number of piperidine rings is 1. The van der Waals surface area contributed by atoms with Crippen LogP contribution in [0.4, 0.5) is 14.6 Å². The number of halogens is 2. The fraction of sp³-hybridized carbons (Fsp3) is 0.389. The number of nitrogens with zero attached hydrogens (tertiary/aromatic N) is 4. The lowest BCUT2D eigenvalue weighted by molar-refractivity contribution is 0.220. The largest absolute Gasteiger partial charge is 0.507 e. The molecular formula is C18H17F2N5O. The van der Waals surface area contributed by atoms with Gasteiger partial charge in [0.15, 0.2) is 0 Å². The Bertz CT molecular complexity index is 880. The van der Waals surface area contributed by atoms with Gasteiger partial charge in [0.1, 0.15) is 29.6 Å². The summed E-state index contributed by atoms with van der Waals surface area (Å²) in [5, 5.41) is 22.0. The lowest BCUT2D eigenvalue weighted by atomic mass is 10.0. The predicted molar refractivity (Wildman–Crippen MR) is 90.8 cm³/mol. The maximum Gasteiger partial charge on any atom is 0.147 e. The first-order valence-corrected chi connectivity index (χ1v) is 8.35. The van der Waals surface area contributed by atoms with Crippen LogP contribution in [0, 0.1) is 23.1 Å². The number of phenols is 1. The fourth-order valence-electron chi connectivity index (χ4n) is 3.97. The van der Waals surface area contributed by atoms with Crippen molar-refractivity contribution in [2.24, 2.45) is 5.92 Å². The van der Waals surface area contributed by atoms with Crippen LogP contribution in [0.5, 0.6) is 5.75 Å². The average Bonchev–Trinajstić information content (AvgIpc) is 3.24. The third-order valence-corrected chi connectivity index (χ3v) is 5.32. The van der Waals surface area contributed by atoms with Crippen molar-refractivity contribution in [2.45, 2.75) is 24.7 Å². The molecule has 1 aromatic carbocycles. The van der Waals surface area contributed by atoms with E-state index in [1.54, 1.807) is 18.0 Å². The molecule has 1 aliphatic heterocycles. The van der Waals surface area contributed by atoms with Gasteiger partial charge in [-0.2, -0.15) is 5.26 Å². The first-order chi connectivity index (χ1) is 12.5. The molecule has 2 aromatic rings. The van der Waals surface area contributed by atoms with Crippen LogP contribution in [0.15, 0.2) is 24.5 Å². The number of nitriles is 1. The maximum atomic E-state index is 14.5. The van der Waals surface area contributed by atoms with Gasteiger partial charge >= 0.3 is 0 Å². The van der Waals surface area contributed by atoms with Gasteiger partial charge in [-0.1, -0.05) is 0 Å². The summed E-state index contributed by atoms with van der Waals surface area (Å²) in [7, 11) is 1.79. The van der Waals surface area contributed by atoms with Crippen molar-refractivity contribution >= 4 is 5.82 Å². The van der Waals surface area contributed by atoms with Gasteiger partial charge in [0.05, 0.1) is 29.7 Å². The molecule has 6 nitrogen and oxygen atoms in total. The van der Waals surface area contributed by atoms with E-state index in [9.17, 15) is 13.9 Å². The number of aromatic nitrogens is 2. The maximum absolute atomic E-state index is 14.5. The number of aromatic hydroxyl groups is 1. The van der Waals surface area contributed by atoms with Gasteiger partial charge in [0, 0.05) is 31.3 Å². The molecule has 1 aliphatic carbocycles. The molecule has 2 bridgehead atoms. The smallest absolute Gasteiger partial charge is 0.147 e. The van der Waals surface area contributed by atoms with Crippen molar-refractivity contribution in [1.82, 2.24) is 15.3 Å². The Labute approximate surface area is 149 Å². The van der Waals surface area contributed by atoms with E-state index in [-0.39, 0.29) is 40.6 Å². The van der Waals surface area contributed by atoms with Crippen molar-refractivity contribution in [3.63, 3.8) is 0 Å². The van der Waals surface area contributed by atoms with Crippen molar-refractivity contribution in [1.29, 1.82) is 5.26 Å². The highest BCUT2D eigenvalue weighted by Gasteiger charge is 2.50. The number of alkyl halides is 1. The highest BCUT2D eigenvalue weighted by Crippen LogP contribution is 2.38. The van der Waals surface area contributed by atoms with E-state index in [0.717, 1.165) is 25.1 Å².